The van der Waals surface area contributed by atoms with Crippen LogP contribution in [0.5, 0.6) is 0 Å². The van der Waals surface area contributed by atoms with Crippen LogP contribution in [0, 0.1) is 18.3 Å². The Labute approximate surface area is 193 Å². The fourth-order valence-corrected chi connectivity index (χ4v) is 3.77. The Morgan fingerprint density at radius 1 is 1.00 bits per heavy atom. The summed E-state index contributed by atoms with van der Waals surface area (Å²) in [4.78, 5) is 15.0. The van der Waals surface area contributed by atoms with Gasteiger partial charge in [0.15, 0.2) is 0 Å². The van der Waals surface area contributed by atoms with Crippen LogP contribution in [0.15, 0.2) is 77.2 Å². The lowest BCUT2D eigenvalue weighted by molar-refractivity contribution is 0.0702. The number of aromatic nitrogens is 2. The zero-order valence-corrected chi connectivity index (χ0v) is 18.8. The molecular weight excluding hydrogens is 412 g/mol. The molecular formula is C27H24N4O2. The van der Waals surface area contributed by atoms with Crippen LogP contribution in [0.25, 0.3) is 22.9 Å². The highest BCUT2D eigenvalue weighted by Gasteiger charge is 2.22. The summed E-state index contributed by atoms with van der Waals surface area (Å²) >= 11 is 0. The summed E-state index contributed by atoms with van der Waals surface area (Å²) in [5.41, 5.74) is 4.90. The highest BCUT2D eigenvalue weighted by atomic mass is 16.4. The monoisotopic (exact) mass is 436 g/mol. The average Bonchev–Trinajstić information content (AvgIpc) is 3.35. The molecule has 0 fully saturated rings. The Bertz CT molecular complexity index is 1300. The Balaban J connectivity index is 1.52. The molecule has 0 radical (unpaired) electrons. The molecule has 4 aromatic rings. The van der Waals surface area contributed by atoms with Crippen LogP contribution in [0.1, 0.15) is 46.9 Å². The number of carbonyl (C=O) groups is 1. The van der Waals surface area contributed by atoms with Gasteiger partial charge in [-0.25, -0.2) is 0 Å². The van der Waals surface area contributed by atoms with E-state index in [4.69, 9.17) is 9.68 Å². The molecule has 0 saturated carbocycles. The summed E-state index contributed by atoms with van der Waals surface area (Å²) in [6.07, 6.45) is 0. The standard InChI is InChI=1S/C27H24N4O2/c1-4-31(19(3)21-10-8-20(17-28)9-11-21)27(32)23-14-12-22(13-15-23)25-29-30-26(33-25)24-7-5-6-18(2)16-24/h5-16,19H,4H2,1-3H3. The number of amides is 1. The topological polar surface area (TPSA) is 83.0 Å². The van der Waals surface area contributed by atoms with Crippen molar-refractivity contribution in [3.63, 3.8) is 0 Å². The summed E-state index contributed by atoms with van der Waals surface area (Å²) in [6, 6.07) is 24.4. The van der Waals surface area contributed by atoms with Gasteiger partial charge in [-0.15, -0.1) is 10.2 Å². The van der Waals surface area contributed by atoms with Crippen molar-refractivity contribution in [2.75, 3.05) is 6.54 Å². The van der Waals surface area contributed by atoms with Crippen LogP contribution in [-0.2, 0) is 0 Å². The van der Waals surface area contributed by atoms with Gasteiger partial charge in [0.25, 0.3) is 5.91 Å². The SMILES string of the molecule is CCN(C(=O)c1ccc(-c2nnc(-c3cccc(C)c3)o2)cc1)C(C)c1ccc(C#N)cc1. The molecule has 0 aliphatic rings. The Morgan fingerprint density at radius 2 is 1.67 bits per heavy atom. The Kier molecular flexibility index (Phi) is 6.32. The highest BCUT2D eigenvalue weighted by molar-refractivity contribution is 5.94. The van der Waals surface area contributed by atoms with Gasteiger partial charge in [-0.1, -0.05) is 29.8 Å². The second kappa shape index (κ2) is 9.49. The maximum Gasteiger partial charge on any atom is 0.254 e. The fraction of sp³-hybridized carbons (Fsp3) is 0.185. The Hall–Kier alpha value is -4.24. The number of rotatable bonds is 6. The maximum atomic E-state index is 13.2. The molecule has 1 unspecified atom stereocenters. The minimum Gasteiger partial charge on any atom is -0.416 e. The first-order valence-corrected chi connectivity index (χ1v) is 10.8. The minimum atomic E-state index is -0.122. The molecule has 4 rings (SSSR count). The smallest absolute Gasteiger partial charge is 0.254 e. The van der Waals surface area contributed by atoms with E-state index in [0.717, 1.165) is 22.3 Å². The summed E-state index contributed by atoms with van der Waals surface area (Å²) in [5, 5.41) is 17.3. The number of aryl methyl sites for hydroxylation is 1. The average molecular weight is 437 g/mol. The first kappa shape index (κ1) is 22.0. The Morgan fingerprint density at radius 3 is 2.27 bits per heavy atom. The van der Waals surface area contributed by atoms with Gasteiger partial charge in [-0.2, -0.15) is 5.26 Å². The van der Waals surface area contributed by atoms with E-state index in [1.54, 1.807) is 29.2 Å². The van der Waals surface area contributed by atoms with Gasteiger partial charge in [0.05, 0.1) is 17.7 Å². The van der Waals surface area contributed by atoms with E-state index in [9.17, 15) is 4.79 Å². The van der Waals surface area contributed by atoms with Crippen LogP contribution in [0.3, 0.4) is 0 Å². The van der Waals surface area contributed by atoms with Crippen LogP contribution in [0.4, 0.5) is 0 Å². The van der Waals surface area contributed by atoms with E-state index in [0.29, 0.717) is 29.5 Å². The highest BCUT2D eigenvalue weighted by Crippen LogP contribution is 2.26. The number of benzene rings is 3. The molecule has 1 heterocycles. The fourth-order valence-electron chi connectivity index (χ4n) is 3.77. The second-order valence-electron chi connectivity index (χ2n) is 7.86. The lowest BCUT2D eigenvalue weighted by Crippen LogP contribution is -2.33. The zero-order chi connectivity index (χ0) is 23.4. The zero-order valence-electron chi connectivity index (χ0n) is 18.8. The van der Waals surface area contributed by atoms with Crippen molar-refractivity contribution in [1.82, 2.24) is 15.1 Å². The van der Waals surface area contributed by atoms with Gasteiger partial charge in [0, 0.05) is 23.2 Å². The normalized spacial score (nSPS) is 11.6. The van der Waals surface area contributed by atoms with Crippen LogP contribution >= 0.6 is 0 Å². The predicted molar refractivity (Wildman–Crippen MR) is 126 cm³/mol. The molecule has 0 N–H and O–H groups in total. The van der Waals surface area contributed by atoms with E-state index in [1.165, 1.54) is 0 Å². The van der Waals surface area contributed by atoms with Crippen molar-refractivity contribution in [2.45, 2.75) is 26.8 Å². The van der Waals surface area contributed by atoms with E-state index < -0.39 is 0 Å². The molecule has 1 amide bonds. The van der Waals surface area contributed by atoms with Gasteiger partial charge in [0.2, 0.25) is 11.8 Å². The third-order valence-corrected chi connectivity index (χ3v) is 5.66. The third-order valence-electron chi connectivity index (χ3n) is 5.66. The molecule has 0 spiro atoms. The molecule has 1 atom stereocenters. The van der Waals surface area contributed by atoms with E-state index in [-0.39, 0.29) is 11.9 Å². The number of nitriles is 1. The number of carbonyl (C=O) groups excluding carboxylic acids is 1. The van der Waals surface area contributed by atoms with E-state index in [2.05, 4.69) is 16.3 Å². The van der Waals surface area contributed by atoms with E-state index >= 15 is 0 Å². The molecule has 0 aliphatic carbocycles. The summed E-state index contributed by atoms with van der Waals surface area (Å²) in [5.74, 6) is 0.804. The van der Waals surface area contributed by atoms with Crippen molar-refractivity contribution < 1.29 is 9.21 Å². The number of hydrogen-bond acceptors (Lipinski definition) is 5. The number of hydrogen-bond donors (Lipinski definition) is 0. The molecule has 6 nitrogen and oxygen atoms in total. The van der Waals surface area contributed by atoms with Gasteiger partial charge in [-0.3, -0.25) is 4.79 Å². The lowest BCUT2D eigenvalue weighted by atomic mass is 10.0. The van der Waals surface area contributed by atoms with Gasteiger partial charge >= 0.3 is 0 Å². The first-order valence-electron chi connectivity index (χ1n) is 10.8. The van der Waals surface area contributed by atoms with Crippen LogP contribution < -0.4 is 0 Å². The van der Waals surface area contributed by atoms with Crippen LogP contribution in [0.2, 0.25) is 0 Å². The first-order chi connectivity index (χ1) is 16.0. The van der Waals surface area contributed by atoms with Crippen molar-refractivity contribution in [3.05, 3.63) is 95.1 Å². The molecule has 0 saturated heterocycles. The van der Waals surface area contributed by atoms with Gasteiger partial charge in [0.1, 0.15) is 0 Å². The molecule has 1 aromatic heterocycles. The van der Waals surface area contributed by atoms with Crippen molar-refractivity contribution in [2.24, 2.45) is 0 Å². The second-order valence-corrected chi connectivity index (χ2v) is 7.86. The minimum absolute atomic E-state index is 0.0631. The van der Waals surface area contributed by atoms with Gasteiger partial charge in [-0.05, 0) is 74.9 Å². The number of nitrogens with zero attached hydrogens (tertiary/aromatic N) is 4. The quantitative estimate of drug-likeness (QED) is 0.381. The van der Waals surface area contributed by atoms with Crippen LogP contribution in [-0.4, -0.2) is 27.5 Å². The van der Waals surface area contributed by atoms with Crippen molar-refractivity contribution >= 4 is 5.91 Å². The predicted octanol–water partition coefficient (Wildman–Crippen LogP) is 5.81. The third kappa shape index (κ3) is 4.68. The van der Waals surface area contributed by atoms with E-state index in [1.807, 2.05) is 69.3 Å². The molecule has 3 aromatic carbocycles. The lowest BCUT2D eigenvalue weighted by Gasteiger charge is -2.28. The molecule has 33 heavy (non-hydrogen) atoms. The summed E-state index contributed by atoms with van der Waals surface area (Å²) < 4.78 is 5.85. The summed E-state index contributed by atoms with van der Waals surface area (Å²) in [7, 11) is 0. The molecule has 6 heteroatoms. The van der Waals surface area contributed by atoms with Crippen molar-refractivity contribution in [3.8, 4) is 29.0 Å². The van der Waals surface area contributed by atoms with Crippen molar-refractivity contribution in [1.29, 1.82) is 5.26 Å². The molecule has 164 valence electrons. The largest absolute Gasteiger partial charge is 0.416 e. The summed E-state index contributed by atoms with van der Waals surface area (Å²) in [6.45, 7) is 6.52. The maximum absolute atomic E-state index is 13.2. The van der Waals surface area contributed by atoms with Gasteiger partial charge < -0.3 is 9.32 Å². The molecule has 0 bridgehead atoms. The molecule has 0 aliphatic heterocycles.